The summed E-state index contributed by atoms with van der Waals surface area (Å²) in [6.07, 6.45) is 7.99. The molecule has 3 aromatic heterocycles. The van der Waals surface area contributed by atoms with Crippen molar-refractivity contribution in [3.63, 3.8) is 0 Å². The first-order valence-corrected chi connectivity index (χ1v) is 24.2. The van der Waals surface area contributed by atoms with Crippen molar-refractivity contribution in [3.8, 4) is 61.7 Å². The highest BCUT2D eigenvalue weighted by molar-refractivity contribution is 6.17. The molecule has 0 saturated heterocycles. The van der Waals surface area contributed by atoms with E-state index >= 15 is 0 Å². The van der Waals surface area contributed by atoms with Crippen molar-refractivity contribution >= 4 is 50.3 Å². The molecule has 2 atom stereocenters. The average molecular weight is 909 g/mol. The van der Waals surface area contributed by atoms with Crippen LogP contribution in [0.3, 0.4) is 0 Å². The Balaban J connectivity index is 0.889. The molecule has 5 heterocycles. The molecule has 2 aliphatic rings. The lowest BCUT2D eigenvalue weighted by Crippen LogP contribution is -2.27. The van der Waals surface area contributed by atoms with Crippen molar-refractivity contribution in [1.29, 1.82) is 0 Å². The number of allylic oxidation sites excluding steroid dienone is 1. The van der Waals surface area contributed by atoms with Crippen LogP contribution in [-0.2, 0) is 0 Å². The van der Waals surface area contributed by atoms with Crippen molar-refractivity contribution in [2.24, 2.45) is 9.98 Å². The van der Waals surface area contributed by atoms with Gasteiger partial charge in [-0.05, 0) is 103 Å². The molecule has 0 saturated carbocycles. The van der Waals surface area contributed by atoms with E-state index in [1.54, 1.807) is 0 Å². The normalized spacial score (nSPS) is 15.3. The summed E-state index contributed by atoms with van der Waals surface area (Å²) in [6, 6.07) is 83.3. The van der Waals surface area contributed by atoms with Crippen molar-refractivity contribution < 1.29 is 0 Å². The molecule has 9 aromatic carbocycles. The van der Waals surface area contributed by atoms with E-state index in [9.17, 15) is 0 Å². The highest BCUT2D eigenvalue weighted by atomic mass is 15.3. The van der Waals surface area contributed by atoms with Gasteiger partial charge in [0.1, 0.15) is 11.7 Å². The van der Waals surface area contributed by atoms with E-state index in [1.165, 1.54) is 60.3 Å². The number of rotatable bonds is 8. The highest BCUT2D eigenvalue weighted by Gasteiger charge is 2.38. The number of aliphatic imine (C=N–C) groups is 2. The number of imidazole rings is 1. The molecule has 14 rings (SSSR count). The van der Waals surface area contributed by atoms with Gasteiger partial charge in [0.05, 0.1) is 28.6 Å². The predicted molar refractivity (Wildman–Crippen MR) is 293 cm³/mol. The summed E-state index contributed by atoms with van der Waals surface area (Å²) in [4.78, 5) is 17.1. The average Bonchev–Trinajstić information content (AvgIpc) is 4.14. The van der Waals surface area contributed by atoms with Crippen molar-refractivity contribution in [1.82, 2.24) is 18.9 Å². The van der Waals surface area contributed by atoms with Gasteiger partial charge in [-0.15, -0.1) is 0 Å². The maximum absolute atomic E-state index is 5.19. The van der Waals surface area contributed by atoms with Crippen LogP contribution in [0.4, 0.5) is 0 Å². The fourth-order valence-electron chi connectivity index (χ4n) is 11.1. The molecule has 0 amide bonds. The molecule has 0 bridgehead atoms. The van der Waals surface area contributed by atoms with Crippen LogP contribution in [-0.4, -0.2) is 31.0 Å². The van der Waals surface area contributed by atoms with Crippen LogP contribution in [0.1, 0.15) is 23.2 Å². The number of fused-ring (bicyclic) bond motifs is 6. The third kappa shape index (κ3) is 6.83. The summed E-state index contributed by atoms with van der Waals surface area (Å²) in [5.41, 5.74) is 16.8. The number of hydrogen-bond donors (Lipinski definition) is 0. The second-order valence-corrected chi connectivity index (χ2v) is 18.4. The second kappa shape index (κ2) is 16.7. The topological polar surface area (TPSA) is 50.2 Å². The third-order valence-electron chi connectivity index (χ3n) is 14.3. The summed E-state index contributed by atoms with van der Waals surface area (Å²) < 4.78 is 4.65. The Kier molecular flexibility index (Phi) is 9.56. The van der Waals surface area contributed by atoms with Gasteiger partial charge < -0.3 is 9.47 Å². The van der Waals surface area contributed by atoms with Crippen molar-refractivity contribution in [2.75, 3.05) is 0 Å². The van der Waals surface area contributed by atoms with E-state index < -0.39 is 0 Å². The zero-order valence-electron chi connectivity index (χ0n) is 38.6. The van der Waals surface area contributed by atoms with Crippen LogP contribution >= 0.6 is 0 Å². The molecule has 0 N–H and O–H groups in total. The lowest BCUT2D eigenvalue weighted by atomic mass is 9.92. The van der Waals surface area contributed by atoms with Crippen LogP contribution < -0.4 is 0 Å². The van der Waals surface area contributed by atoms with Crippen LogP contribution in [0, 0.1) is 0 Å². The van der Waals surface area contributed by atoms with E-state index in [0.29, 0.717) is 0 Å². The smallest absolute Gasteiger partial charge is 0.226 e. The Hall–Kier alpha value is -9.39. The number of guanidine groups is 1. The summed E-state index contributed by atoms with van der Waals surface area (Å²) in [6.45, 7) is 0. The fourth-order valence-corrected chi connectivity index (χ4v) is 11.1. The first kappa shape index (κ1) is 40.7. The van der Waals surface area contributed by atoms with Gasteiger partial charge >= 0.3 is 0 Å². The molecular formula is C65H44N6. The largest absolute Gasteiger partial charge is 0.309 e. The molecule has 71 heavy (non-hydrogen) atoms. The minimum absolute atomic E-state index is 0.0394. The first-order valence-electron chi connectivity index (χ1n) is 24.2. The Morgan fingerprint density at radius 3 is 1.80 bits per heavy atom. The van der Waals surface area contributed by atoms with E-state index in [0.717, 1.165) is 56.6 Å². The third-order valence-corrected chi connectivity index (χ3v) is 14.3. The Morgan fingerprint density at radius 1 is 0.437 bits per heavy atom. The van der Waals surface area contributed by atoms with Gasteiger partial charge in [-0.1, -0.05) is 188 Å². The van der Waals surface area contributed by atoms with E-state index in [2.05, 4.69) is 256 Å². The lowest BCUT2D eigenvalue weighted by molar-refractivity contribution is 0.393. The molecule has 0 spiro atoms. The number of nitrogens with zero attached hydrogens (tertiary/aromatic N) is 6. The number of pyridine rings is 1. The van der Waals surface area contributed by atoms with Crippen LogP contribution in [0.5, 0.6) is 0 Å². The van der Waals surface area contributed by atoms with Gasteiger partial charge in [0.25, 0.3) is 0 Å². The van der Waals surface area contributed by atoms with Gasteiger partial charge in [0, 0.05) is 46.4 Å². The quantitative estimate of drug-likeness (QED) is 0.143. The van der Waals surface area contributed by atoms with Crippen LogP contribution in [0.2, 0.25) is 0 Å². The minimum atomic E-state index is -0.0742. The van der Waals surface area contributed by atoms with Gasteiger partial charge in [-0.3, -0.25) is 4.40 Å². The van der Waals surface area contributed by atoms with Crippen molar-refractivity contribution in [2.45, 2.75) is 12.1 Å². The molecule has 334 valence electrons. The monoisotopic (exact) mass is 908 g/mol. The molecule has 0 aliphatic carbocycles. The molecule has 2 aliphatic heterocycles. The van der Waals surface area contributed by atoms with Gasteiger partial charge in [0.15, 0.2) is 0 Å². The Morgan fingerprint density at radius 2 is 1.07 bits per heavy atom. The second-order valence-electron chi connectivity index (χ2n) is 18.4. The summed E-state index contributed by atoms with van der Waals surface area (Å²) in [5.74, 6) is 0.755. The van der Waals surface area contributed by atoms with Gasteiger partial charge in [-0.25, -0.2) is 15.0 Å². The minimum Gasteiger partial charge on any atom is -0.309 e. The molecule has 2 unspecified atom stereocenters. The highest BCUT2D eigenvalue weighted by Crippen LogP contribution is 2.47. The molecular weight excluding hydrogens is 865 g/mol. The first-order chi connectivity index (χ1) is 35.2. The zero-order chi connectivity index (χ0) is 46.8. The fraction of sp³-hybridized carbons (Fsp3) is 0.0308. The SMILES string of the molecule is C1=CN2C(=NC(c3ccc(-c4ccc5c(ccc6cc7c(cc65)c(-c5ccccc5)c(-c5ccccc5)n7-c5ccc(-c6nc7ccccn7c6-c6ccccc6)cc5)c4)cc3)C2c2ccccc2)N=C1. The van der Waals surface area contributed by atoms with E-state index in [1.807, 2.05) is 18.4 Å². The number of aromatic nitrogens is 3. The van der Waals surface area contributed by atoms with E-state index in [4.69, 9.17) is 9.98 Å². The Labute approximate surface area is 411 Å². The molecule has 0 fully saturated rings. The molecule has 12 aromatic rings. The van der Waals surface area contributed by atoms with Crippen molar-refractivity contribution in [3.05, 3.63) is 260 Å². The van der Waals surface area contributed by atoms with Crippen LogP contribution in [0.25, 0.3) is 99.8 Å². The van der Waals surface area contributed by atoms with Crippen LogP contribution in [0.15, 0.2) is 259 Å². The predicted octanol–water partition coefficient (Wildman–Crippen LogP) is 16.0. The van der Waals surface area contributed by atoms with E-state index in [-0.39, 0.29) is 12.1 Å². The maximum atomic E-state index is 5.19. The molecule has 0 radical (unpaired) electrons. The van der Waals surface area contributed by atoms with Gasteiger partial charge in [-0.2, -0.15) is 0 Å². The Bertz CT molecular complexity index is 4080. The maximum Gasteiger partial charge on any atom is 0.226 e. The summed E-state index contributed by atoms with van der Waals surface area (Å²) in [5, 5.41) is 6.04. The van der Waals surface area contributed by atoms with Gasteiger partial charge in [0.2, 0.25) is 5.96 Å². The zero-order valence-corrected chi connectivity index (χ0v) is 38.6. The number of benzene rings is 9. The molecule has 6 nitrogen and oxygen atoms in total. The summed E-state index contributed by atoms with van der Waals surface area (Å²) >= 11 is 0. The summed E-state index contributed by atoms with van der Waals surface area (Å²) in [7, 11) is 0. The molecule has 6 heteroatoms. The standard InChI is InChI=1S/C65H44N6/c1-5-16-44(17-6-1)59-56-42-55-52(30-29-51-40-50(33-36-54(51)55)43-25-27-45(28-26-43)61-64(49-22-11-4-12-23-49)70-39-15-37-66-65(70)68-61)41-57(56)71(62(59)47-18-7-2-8-19-47)53-34-31-46(32-35-53)60-63(48-20-9-3-10-21-48)69-38-14-13-24-58(69)67-60/h1-42,61,64H. The number of hydrogen-bond acceptors (Lipinski definition) is 4. The lowest BCUT2D eigenvalue weighted by Gasteiger charge is -2.27.